The summed E-state index contributed by atoms with van der Waals surface area (Å²) in [6, 6.07) is 3.25. The molecule has 1 atom stereocenters. The van der Waals surface area contributed by atoms with Crippen LogP contribution in [0.25, 0.3) is 0 Å². The highest BCUT2D eigenvalue weighted by atomic mass is 35.5. The van der Waals surface area contributed by atoms with Crippen LogP contribution in [0.2, 0.25) is 15.7 Å². The van der Waals surface area contributed by atoms with Crippen LogP contribution in [0.5, 0.6) is 0 Å². The van der Waals surface area contributed by atoms with E-state index >= 15 is 0 Å². The molecule has 12 heteroatoms. The molecule has 2 aromatic heterocycles. The van der Waals surface area contributed by atoms with Crippen molar-refractivity contribution in [1.82, 2.24) is 19.9 Å². The first kappa shape index (κ1) is 27.9. The van der Waals surface area contributed by atoms with Gasteiger partial charge >= 0.3 is 5.97 Å². The summed E-state index contributed by atoms with van der Waals surface area (Å²) in [5.74, 6) is -0.346. The molecular weight excluding hydrogens is 455 g/mol. The van der Waals surface area contributed by atoms with Gasteiger partial charge in [0, 0.05) is 12.4 Å². The molecule has 166 valence electrons. The number of nitrogens with zero attached hydrogens (tertiary/aromatic N) is 4. The van der Waals surface area contributed by atoms with Gasteiger partial charge in [0.05, 0.1) is 5.54 Å². The molecule has 2 heterocycles. The second kappa shape index (κ2) is 12.6. The average molecular weight is 480 g/mol. The third-order valence-corrected chi connectivity index (χ3v) is 4.23. The quantitative estimate of drug-likeness (QED) is 0.429. The molecule has 0 saturated carbocycles. The third kappa shape index (κ3) is 11.2. The van der Waals surface area contributed by atoms with Gasteiger partial charge in [0.2, 0.25) is 10.6 Å². The molecule has 9 nitrogen and oxygen atoms in total. The van der Waals surface area contributed by atoms with Crippen LogP contribution in [0.1, 0.15) is 41.0 Å². The molecule has 0 spiro atoms. The number of aliphatic carboxylic acids is 1. The normalized spacial score (nSPS) is 12.3. The molecule has 0 fully saturated rings. The minimum absolute atomic E-state index is 0.0692. The standard InChI is InChI=1S/C10H14ClN3O.C4H2Cl2N2.C4H9NO2/c1-4-10(3,7(2)15)14-8-5-6-12-9(11)13-8;5-3-1-2-7-4(6)8-3;1-4(2,5)3(6)7/h5-6H,4H2,1-3H3,(H,12,13,14);1-2H;5H2,1-2H3,(H,6,7)/t10-;;/m1../s1. The Morgan fingerprint density at radius 1 is 1.07 bits per heavy atom. The van der Waals surface area contributed by atoms with E-state index in [-0.39, 0.29) is 16.4 Å². The molecule has 0 radical (unpaired) electrons. The Labute approximate surface area is 190 Å². The highest BCUT2D eigenvalue weighted by molar-refractivity contribution is 6.31. The Morgan fingerprint density at radius 2 is 1.53 bits per heavy atom. The maximum Gasteiger partial charge on any atom is 0.323 e. The van der Waals surface area contributed by atoms with Crippen LogP contribution in [-0.4, -0.2) is 47.9 Å². The van der Waals surface area contributed by atoms with Crippen molar-refractivity contribution >= 4 is 52.4 Å². The molecule has 0 aliphatic rings. The molecule has 2 rings (SSSR count). The zero-order valence-electron chi connectivity index (χ0n) is 17.3. The van der Waals surface area contributed by atoms with Crippen molar-refractivity contribution in [2.24, 2.45) is 5.73 Å². The van der Waals surface area contributed by atoms with Crippen molar-refractivity contribution in [1.29, 1.82) is 0 Å². The molecular formula is C18H25Cl3N6O3. The van der Waals surface area contributed by atoms with E-state index < -0.39 is 17.0 Å². The van der Waals surface area contributed by atoms with Gasteiger partial charge in [0.25, 0.3) is 0 Å². The summed E-state index contributed by atoms with van der Waals surface area (Å²) < 4.78 is 0. The summed E-state index contributed by atoms with van der Waals surface area (Å²) >= 11 is 16.4. The molecule has 0 amide bonds. The Hall–Kier alpha value is -2.07. The molecule has 4 N–H and O–H groups in total. The van der Waals surface area contributed by atoms with E-state index in [1.807, 2.05) is 13.8 Å². The van der Waals surface area contributed by atoms with Gasteiger partial charge < -0.3 is 16.2 Å². The molecule has 0 saturated heterocycles. The lowest BCUT2D eigenvalue weighted by molar-refractivity contribution is -0.141. The first-order valence-electron chi connectivity index (χ1n) is 8.65. The summed E-state index contributed by atoms with van der Waals surface area (Å²) in [5.41, 5.74) is 3.40. The van der Waals surface area contributed by atoms with Gasteiger partial charge in [-0.2, -0.15) is 0 Å². The Morgan fingerprint density at radius 3 is 1.83 bits per heavy atom. The highest BCUT2D eigenvalue weighted by Gasteiger charge is 2.27. The number of hydrogen-bond acceptors (Lipinski definition) is 8. The SMILES string of the molecule is CC(C)(N)C(=O)O.CC[C@@](C)(Nc1ccnc(Cl)n1)C(C)=O.Clc1ccnc(Cl)n1. The largest absolute Gasteiger partial charge is 0.480 e. The number of carbonyl (C=O) groups is 2. The molecule has 30 heavy (non-hydrogen) atoms. The molecule has 0 aromatic carbocycles. The maximum absolute atomic E-state index is 11.4. The molecule has 0 aliphatic heterocycles. The van der Waals surface area contributed by atoms with E-state index in [9.17, 15) is 9.59 Å². The van der Waals surface area contributed by atoms with Gasteiger partial charge in [0.1, 0.15) is 16.5 Å². The van der Waals surface area contributed by atoms with Gasteiger partial charge in [-0.3, -0.25) is 9.59 Å². The predicted octanol–water partition coefficient (Wildman–Crippen LogP) is 3.89. The van der Waals surface area contributed by atoms with Crippen molar-refractivity contribution < 1.29 is 14.7 Å². The smallest absolute Gasteiger partial charge is 0.323 e. The fourth-order valence-corrected chi connectivity index (χ4v) is 1.90. The van der Waals surface area contributed by atoms with Crippen LogP contribution in [0.15, 0.2) is 24.5 Å². The van der Waals surface area contributed by atoms with Crippen LogP contribution >= 0.6 is 34.8 Å². The molecule has 0 unspecified atom stereocenters. The number of aromatic nitrogens is 4. The van der Waals surface area contributed by atoms with Crippen LogP contribution in [-0.2, 0) is 9.59 Å². The minimum atomic E-state index is -1.08. The van der Waals surface area contributed by atoms with Crippen molar-refractivity contribution in [2.45, 2.75) is 52.1 Å². The number of carboxylic acids is 1. The van der Waals surface area contributed by atoms with Crippen molar-refractivity contribution in [2.75, 3.05) is 5.32 Å². The lowest BCUT2D eigenvalue weighted by atomic mass is 9.94. The van der Waals surface area contributed by atoms with E-state index in [1.54, 1.807) is 25.3 Å². The third-order valence-electron chi connectivity index (χ3n) is 3.66. The Bertz CT molecular complexity index is 831. The van der Waals surface area contributed by atoms with E-state index in [0.717, 1.165) is 0 Å². The van der Waals surface area contributed by atoms with Gasteiger partial charge in [0.15, 0.2) is 5.78 Å². The van der Waals surface area contributed by atoms with Crippen molar-refractivity contribution in [3.63, 3.8) is 0 Å². The van der Waals surface area contributed by atoms with Crippen LogP contribution in [0.4, 0.5) is 5.82 Å². The second-order valence-corrected chi connectivity index (χ2v) is 7.82. The van der Waals surface area contributed by atoms with Gasteiger partial charge in [-0.05, 0) is 69.5 Å². The number of nitrogens with two attached hydrogens (primary N) is 1. The number of ketones is 1. The van der Waals surface area contributed by atoms with E-state index in [0.29, 0.717) is 17.4 Å². The minimum Gasteiger partial charge on any atom is -0.480 e. The molecule has 0 bridgehead atoms. The number of rotatable bonds is 5. The highest BCUT2D eigenvalue weighted by Crippen LogP contribution is 2.18. The summed E-state index contributed by atoms with van der Waals surface area (Å²) in [6.45, 7) is 8.21. The number of carboxylic acid groups (broad SMARTS) is 1. The summed E-state index contributed by atoms with van der Waals surface area (Å²) in [7, 11) is 0. The van der Waals surface area contributed by atoms with Crippen LogP contribution in [0, 0.1) is 0 Å². The number of anilines is 1. The zero-order valence-corrected chi connectivity index (χ0v) is 19.5. The van der Waals surface area contributed by atoms with Gasteiger partial charge in [-0.25, -0.2) is 19.9 Å². The van der Waals surface area contributed by atoms with Gasteiger partial charge in [-0.1, -0.05) is 18.5 Å². The van der Waals surface area contributed by atoms with E-state index in [4.69, 9.17) is 45.6 Å². The lowest BCUT2D eigenvalue weighted by Crippen LogP contribution is -2.41. The lowest BCUT2D eigenvalue weighted by Gasteiger charge is -2.27. The Balaban J connectivity index is 0.000000471. The first-order valence-corrected chi connectivity index (χ1v) is 9.78. The summed E-state index contributed by atoms with van der Waals surface area (Å²) in [5, 5.41) is 11.9. The van der Waals surface area contributed by atoms with Crippen molar-refractivity contribution in [3.05, 3.63) is 40.2 Å². The van der Waals surface area contributed by atoms with E-state index in [2.05, 4.69) is 25.3 Å². The van der Waals surface area contributed by atoms with Crippen molar-refractivity contribution in [3.8, 4) is 0 Å². The fourth-order valence-electron chi connectivity index (χ4n) is 1.43. The van der Waals surface area contributed by atoms with Crippen LogP contribution in [0.3, 0.4) is 0 Å². The number of nitrogens with one attached hydrogen (secondary N) is 1. The number of halogens is 3. The first-order chi connectivity index (χ1) is 13.7. The average Bonchev–Trinajstić information content (AvgIpc) is 2.61. The molecule has 0 aliphatic carbocycles. The Kier molecular flexibility index (Phi) is 11.7. The second-order valence-electron chi connectivity index (χ2n) is 6.75. The summed E-state index contributed by atoms with van der Waals surface area (Å²) in [6.07, 6.45) is 3.73. The predicted molar refractivity (Wildman–Crippen MR) is 118 cm³/mol. The van der Waals surface area contributed by atoms with Gasteiger partial charge in [-0.15, -0.1) is 0 Å². The summed E-state index contributed by atoms with van der Waals surface area (Å²) in [4.78, 5) is 36.3. The topological polar surface area (TPSA) is 144 Å². The maximum atomic E-state index is 11.4. The van der Waals surface area contributed by atoms with E-state index in [1.165, 1.54) is 20.0 Å². The monoisotopic (exact) mass is 478 g/mol. The number of hydrogen-bond donors (Lipinski definition) is 3. The van der Waals surface area contributed by atoms with Crippen LogP contribution < -0.4 is 11.1 Å². The number of carbonyl (C=O) groups excluding carboxylic acids is 1. The number of Topliss-reactive ketones (excluding diaryl/α,β-unsaturated/α-hetero) is 1. The molecule has 2 aromatic rings. The fraction of sp³-hybridized carbons (Fsp3) is 0.444. The zero-order chi connectivity index (χ0) is 23.5.